The maximum Gasteiger partial charge on any atom is 0.214 e. The first-order valence-electron chi connectivity index (χ1n) is 6.41. The third-order valence-corrected chi connectivity index (χ3v) is 5.45. The highest BCUT2D eigenvalue weighted by atomic mass is 32.2. The van der Waals surface area contributed by atoms with Crippen LogP contribution in [0.25, 0.3) is 0 Å². The maximum absolute atomic E-state index is 12.0. The Hall–Kier alpha value is -0.170. The van der Waals surface area contributed by atoms with E-state index < -0.39 is 10.0 Å². The maximum atomic E-state index is 12.0. The monoisotopic (exact) mass is 262 g/mol. The molecule has 6 heteroatoms. The van der Waals surface area contributed by atoms with E-state index in [1.807, 2.05) is 0 Å². The van der Waals surface area contributed by atoms with E-state index in [0.717, 1.165) is 25.7 Å². The van der Waals surface area contributed by atoms with E-state index in [0.29, 0.717) is 37.9 Å². The fraction of sp³-hybridized carbons (Fsp3) is 1.00. The third kappa shape index (κ3) is 3.91. The minimum atomic E-state index is -3.01. The van der Waals surface area contributed by atoms with E-state index in [4.69, 9.17) is 10.5 Å². The molecule has 1 saturated heterocycles. The lowest BCUT2D eigenvalue weighted by Gasteiger charge is -2.31. The van der Waals surface area contributed by atoms with Gasteiger partial charge in [0.15, 0.2) is 0 Å². The lowest BCUT2D eigenvalue weighted by Crippen LogP contribution is -2.42. The summed E-state index contributed by atoms with van der Waals surface area (Å²) in [6, 6.07) is 0. The van der Waals surface area contributed by atoms with Crippen molar-refractivity contribution in [2.75, 3.05) is 32.0 Å². The first kappa shape index (κ1) is 13.3. The Labute approximate surface area is 103 Å². The van der Waals surface area contributed by atoms with E-state index in [9.17, 15) is 8.42 Å². The summed E-state index contributed by atoms with van der Waals surface area (Å²) in [6.07, 6.45) is 3.93. The Balaban J connectivity index is 1.77. The fourth-order valence-corrected chi connectivity index (χ4v) is 4.11. The van der Waals surface area contributed by atoms with E-state index in [-0.39, 0.29) is 6.10 Å². The topological polar surface area (TPSA) is 72.6 Å². The van der Waals surface area contributed by atoms with Crippen molar-refractivity contribution >= 4 is 10.0 Å². The molecule has 2 fully saturated rings. The first-order chi connectivity index (χ1) is 8.12. The molecule has 2 N–H and O–H groups in total. The quantitative estimate of drug-likeness (QED) is 0.740. The molecule has 0 radical (unpaired) electrons. The van der Waals surface area contributed by atoms with Gasteiger partial charge in [-0.25, -0.2) is 12.7 Å². The third-order valence-electron chi connectivity index (χ3n) is 3.41. The minimum Gasteiger partial charge on any atom is -0.377 e. The Kier molecular flexibility index (Phi) is 4.41. The van der Waals surface area contributed by atoms with Crippen LogP contribution in [0.15, 0.2) is 0 Å². The van der Waals surface area contributed by atoms with Crippen LogP contribution in [-0.4, -0.2) is 50.8 Å². The molecule has 2 aliphatic rings. The molecule has 0 aromatic carbocycles. The molecule has 0 amide bonds. The van der Waals surface area contributed by atoms with Crippen LogP contribution in [0.2, 0.25) is 0 Å². The molecule has 1 heterocycles. The summed E-state index contributed by atoms with van der Waals surface area (Å²) in [5.74, 6) is 0.771. The molecule has 100 valence electrons. The van der Waals surface area contributed by atoms with Gasteiger partial charge in [0, 0.05) is 19.6 Å². The van der Waals surface area contributed by atoms with Crippen LogP contribution < -0.4 is 5.73 Å². The molecule has 5 nitrogen and oxygen atoms in total. The van der Waals surface area contributed by atoms with Crippen LogP contribution in [0.1, 0.15) is 25.7 Å². The molecule has 1 aliphatic heterocycles. The van der Waals surface area contributed by atoms with Gasteiger partial charge in [0.1, 0.15) is 0 Å². The Bertz CT molecular complexity index is 333. The number of piperidine rings is 1. The normalized spacial score (nSPS) is 24.1. The number of rotatable bonds is 6. The number of nitrogens with zero attached hydrogens (tertiary/aromatic N) is 1. The summed E-state index contributed by atoms with van der Waals surface area (Å²) in [5.41, 5.74) is 5.37. The highest BCUT2D eigenvalue weighted by Gasteiger charge is 2.33. The van der Waals surface area contributed by atoms with Crippen LogP contribution >= 0.6 is 0 Å². The van der Waals surface area contributed by atoms with Gasteiger partial charge in [-0.2, -0.15) is 0 Å². The van der Waals surface area contributed by atoms with Gasteiger partial charge >= 0.3 is 0 Å². The van der Waals surface area contributed by atoms with E-state index in [2.05, 4.69) is 0 Å². The predicted octanol–water partition coefficient (Wildman–Crippen LogP) is 0.166. The van der Waals surface area contributed by atoms with Crippen molar-refractivity contribution in [3.8, 4) is 0 Å². The fourth-order valence-electron chi connectivity index (χ4n) is 2.20. The van der Waals surface area contributed by atoms with E-state index in [1.54, 1.807) is 4.31 Å². The van der Waals surface area contributed by atoms with Crippen LogP contribution in [0.4, 0.5) is 0 Å². The number of hydrogen-bond acceptors (Lipinski definition) is 4. The van der Waals surface area contributed by atoms with Crippen molar-refractivity contribution in [2.24, 2.45) is 11.7 Å². The van der Waals surface area contributed by atoms with Crippen molar-refractivity contribution in [3.63, 3.8) is 0 Å². The zero-order chi connectivity index (χ0) is 12.3. The molecular weight excluding hydrogens is 240 g/mol. The van der Waals surface area contributed by atoms with Gasteiger partial charge in [-0.3, -0.25) is 0 Å². The van der Waals surface area contributed by atoms with Crippen LogP contribution in [0.3, 0.4) is 0 Å². The lowest BCUT2D eigenvalue weighted by atomic mass is 10.1. The average Bonchev–Trinajstić information content (AvgIpc) is 3.10. The van der Waals surface area contributed by atoms with Gasteiger partial charge in [-0.05, 0) is 31.6 Å². The molecular formula is C11H22N2O3S. The van der Waals surface area contributed by atoms with E-state index >= 15 is 0 Å². The molecule has 17 heavy (non-hydrogen) atoms. The number of ether oxygens (including phenoxy) is 1. The van der Waals surface area contributed by atoms with Gasteiger partial charge in [0.05, 0.1) is 18.5 Å². The summed E-state index contributed by atoms with van der Waals surface area (Å²) in [5, 5.41) is 0. The molecule has 0 aromatic rings. The lowest BCUT2D eigenvalue weighted by molar-refractivity contribution is 0.0257. The summed E-state index contributed by atoms with van der Waals surface area (Å²) in [7, 11) is -3.01. The molecule has 0 bridgehead atoms. The van der Waals surface area contributed by atoms with Crippen molar-refractivity contribution in [1.82, 2.24) is 4.31 Å². The Morgan fingerprint density at radius 2 is 1.82 bits per heavy atom. The molecule has 1 aliphatic carbocycles. The molecule has 1 saturated carbocycles. The Morgan fingerprint density at radius 1 is 1.18 bits per heavy atom. The molecule has 0 atom stereocenters. The van der Waals surface area contributed by atoms with Gasteiger partial charge in [-0.15, -0.1) is 0 Å². The van der Waals surface area contributed by atoms with Crippen LogP contribution in [-0.2, 0) is 14.8 Å². The minimum absolute atomic E-state index is 0.186. The number of nitrogens with two attached hydrogens (primary N) is 1. The van der Waals surface area contributed by atoms with Gasteiger partial charge < -0.3 is 10.5 Å². The second-order valence-electron chi connectivity index (χ2n) is 4.98. The van der Waals surface area contributed by atoms with Crippen molar-refractivity contribution < 1.29 is 13.2 Å². The Morgan fingerprint density at radius 3 is 2.35 bits per heavy atom. The predicted molar refractivity (Wildman–Crippen MR) is 66.1 cm³/mol. The average molecular weight is 262 g/mol. The van der Waals surface area contributed by atoms with E-state index in [1.165, 1.54) is 0 Å². The standard InChI is InChI=1S/C11H22N2O3S/c12-5-8-16-11-3-6-13(7-4-11)17(14,15)9-10-1-2-10/h10-11H,1-9,12H2. The highest BCUT2D eigenvalue weighted by molar-refractivity contribution is 7.89. The molecule has 0 unspecified atom stereocenters. The SMILES string of the molecule is NCCOC1CCN(S(=O)(=O)CC2CC2)CC1. The molecule has 2 rings (SSSR count). The second-order valence-corrected chi connectivity index (χ2v) is 6.99. The van der Waals surface area contributed by atoms with Gasteiger partial charge in [-0.1, -0.05) is 0 Å². The van der Waals surface area contributed by atoms with Crippen molar-refractivity contribution in [3.05, 3.63) is 0 Å². The zero-order valence-corrected chi connectivity index (χ0v) is 11.0. The van der Waals surface area contributed by atoms with Gasteiger partial charge in [0.25, 0.3) is 0 Å². The largest absolute Gasteiger partial charge is 0.377 e. The van der Waals surface area contributed by atoms with Crippen LogP contribution in [0, 0.1) is 5.92 Å². The second kappa shape index (κ2) is 5.65. The molecule has 0 spiro atoms. The number of hydrogen-bond donors (Lipinski definition) is 1. The van der Waals surface area contributed by atoms with Crippen molar-refractivity contribution in [1.29, 1.82) is 0 Å². The van der Waals surface area contributed by atoms with Crippen molar-refractivity contribution in [2.45, 2.75) is 31.8 Å². The van der Waals surface area contributed by atoms with Crippen LogP contribution in [0.5, 0.6) is 0 Å². The zero-order valence-electron chi connectivity index (χ0n) is 10.2. The molecule has 0 aromatic heterocycles. The smallest absolute Gasteiger partial charge is 0.214 e. The summed E-state index contributed by atoms with van der Waals surface area (Å²) in [4.78, 5) is 0. The summed E-state index contributed by atoms with van der Waals surface area (Å²) < 4.78 is 31.2. The van der Waals surface area contributed by atoms with Gasteiger partial charge in [0.2, 0.25) is 10.0 Å². The highest BCUT2D eigenvalue weighted by Crippen LogP contribution is 2.31. The first-order valence-corrected chi connectivity index (χ1v) is 8.02. The summed E-state index contributed by atoms with van der Waals surface area (Å²) >= 11 is 0. The summed E-state index contributed by atoms with van der Waals surface area (Å²) in [6.45, 7) is 2.30. The number of sulfonamides is 1.